The molecule has 9 heteroatoms. The van der Waals surface area contributed by atoms with E-state index < -0.39 is 17.5 Å². The Morgan fingerprint density at radius 3 is 2.69 bits per heavy atom. The number of likely N-dealkylation sites (N-methyl/N-ethyl adjacent to an activating group) is 1. The Bertz CT molecular complexity index is 1280. The molecule has 1 atom stereocenters. The van der Waals surface area contributed by atoms with Crippen molar-refractivity contribution >= 4 is 29.2 Å². The number of amides is 3. The number of imide groups is 1. The van der Waals surface area contributed by atoms with Crippen LogP contribution in [0.3, 0.4) is 0 Å². The minimum absolute atomic E-state index is 0.0832. The molecule has 2 aromatic carbocycles. The minimum atomic E-state index is -1.47. The fraction of sp³-hybridized carbons (Fsp3) is 0.217. The number of urea groups is 1. The highest BCUT2D eigenvalue weighted by molar-refractivity contribution is 6.07. The van der Waals surface area contributed by atoms with Crippen LogP contribution in [0.2, 0.25) is 0 Å². The molecule has 1 aliphatic heterocycles. The minimum Gasteiger partial charge on any atom is -0.497 e. The SMILES string of the molecule is COc1ccc(CN(C)C[C@@]2(c3cc4cc(C#N)ccc4o3)NC(=O)NC2=O)c(C=O)c1. The zero-order chi connectivity index (χ0) is 22.9. The van der Waals surface area contributed by atoms with Gasteiger partial charge in [-0.05, 0) is 49.0 Å². The second-order valence-corrected chi connectivity index (χ2v) is 7.64. The van der Waals surface area contributed by atoms with Crippen molar-refractivity contribution in [1.82, 2.24) is 15.5 Å². The monoisotopic (exact) mass is 432 g/mol. The fourth-order valence-electron chi connectivity index (χ4n) is 3.88. The van der Waals surface area contributed by atoms with Crippen molar-refractivity contribution in [3.05, 3.63) is 64.9 Å². The maximum atomic E-state index is 12.9. The largest absolute Gasteiger partial charge is 0.497 e. The zero-order valence-electron chi connectivity index (χ0n) is 17.5. The predicted octanol–water partition coefficient (Wildman–Crippen LogP) is 2.29. The molecule has 0 radical (unpaired) electrons. The van der Waals surface area contributed by atoms with E-state index in [1.807, 2.05) is 4.90 Å². The van der Waals surface area contributed by atoms with E-state index >= 15 is 0 Å². The molecule has 3 amide bonds. The van der Waals surface area contributed by atoms with E-state index in [9.17, 15) is 14.4 Å². The van der Waals surface area contributed by atoms with Crippen molar-refractivity contribution in [2.24, 2.45) is 0 Å². The number of hydrogen-bond donors (Lipinski definition) is 2. The molecule has 2 heterocycles. The lowest BCUT2D eigenvalue weighted by Gasteiger charge is -2.29. The standard InChI is InChI=1S/C23H20N4O5/c1-27(11-15-4-5-18(31-2)8-17(15)12-28)13-23(21(29)25-22(30)26-23)20-9-16-7-14(10-24)3-6-19(16)32-20/h3-9,12H,11,13H2,1-2H3,(H2,25,26,29,30)/t23-/m0/s1. The molecule has 0 aliphatic carbocycles. The lowest BCUT2D eigenvalue weighted by Crippen LogP contribution is -2.51. The second kappa shape index (κ2) is 8.17. The third kappa shape index (κ3) is 3.68. The summed E-state index contributed by atoms with van der Waals surface area (Å²) in [5, 5.41) is 14.8. The third-order valence-corrected chi connectivity index (χ3v) is 5.43. The van der Waals surface area contributed by atoms with Crippen LogP contribution in [0.4, 0.5) is 4.79 Å². The first-order valence-electron chi connectivity index (χ1n) is 9.77. The molecule has 0 bridgehead atoms. The summed E-state index contributed by atoms with van der Waals surface area (Å²) in [6.07, 6.45) is 0.748. The van der Waals surface area contributed by atoms with E-state index in [0.29, 0.717) is 34.4 Å². The maximum absolute atomic E-state index is 12.9. The number of rotatable bonds is 7. The van der Waals surface area contributed by atoms with Crippen LogP contribution in [0, 0.1) is 11.3 Å². The molecule has 32 heavy (non-hydrogen) atoms. The second-order valence-electron chi connectivity index (χ2n) is 7.64. The van der Waals surface area contributed by atoms with Crippen molar-refractivity contribution in [2.45, 2.75) is 12.1 Å². The van der Waals surface area contributed by atoms with E-state index in [1.165, 1.54) is 7.11 Å². The van der Waals surface area contributed by atoms with E-state index in [2.05, 4.69) is 16.7 Å². The molecular formula is C23H20N4O5. The van der Waals surface area contributed by atoms with Gasteiger partial charge in [-0.3, -0.25) is 19.8 Å². The maximum Gasteiger partial charge on any atom is 0.322 e. The molecule has 1 saturated heterocycles. The van der Waals surface area contributed by atoms with E-state index in [4.69, 9.17) is 14.4 Å². The topological polar surface area (TPSA) is 125 Å². The average molecular weight is 432 g/mol. The Kier molecular flexibility index (Phi) is 5.38. The number of furan rings is 1. The van der Waals surface area contributed by atoms with Crippen molar-refractivity contribution in [3.63, 3.8) is 0 Å². The first-order valence-corrected chi connectivity index (χ1v) is 9.77. The van der Waals surface area contributed by atoms with Gasteiger partial charge in [0.15, 0.2) is 11.8 Å². The predicted molar refractivity (Wildman–Crippen MR) is 114 cm³/mol. The lowest BCUT2D eigenvalue weighted by atomic mass is 9.94. The Labute approximate surface area is 183 Å². The van der Waals surface area contributed by atoms with Gasteiger partial charge in [0.1, 0.15) is 17.1 Å². The molecule has 1 aromatic heterocycles. The average Bonchev–Trinajstić information content (AvgIpc) is 3.34. The van der Waals surface area contributed by atoms with Crippen molar-refractivity contribution < 1.29 is 23.5 Å². The highest BCUT2D eigenvalue weighted by Gasteiger charge is 2.51. The number of carbonyl (C=O) groups is 3. The number of nitriles is 1. The number of nitrogens with zero attached hydrogens (tertiary/aromatic N) is 2. The van der Waals surface area contributed by atoms with Gasteiger partial charge in [0.2, 0.25) is 0 Å². The van der Waals surface area contributed by atoms with Crippen LogP contribution in [-0.2, 0) is 16.9 Å². The van der Waals surface area contributed by atoms with Crippen molar-refractivity contribution in [2.75, 3.05) is 20.7 Å². The summed E-state index contributed by atoms with van der Waals surface area (Å²) in [6, 6.07) is 13.2. The van der Waals surface area contributed by atoms with E-state index in [-0.39, 0.29) is 12.3 Å². The Hall–Kier alpha value is -4.16. The van der Waals surface area contributed by atoms with Crippen LogP contribution < -0.4 is 15.4 Å². The molecular weight excluding hydrogens is 412 g/mol. The number of benzene rings is 2. The molecule has 4 rings (SSSR count). The van der Waals surface area contributed by atoms with Gasteiger partial charge in [-0.2, -0.15) is 5.26 Å². The number of aldehydes is 1. The first kappa shape index (κ1) is 21.1. The highest BCUT2D eigenvalue weighted by atomic mass is 16.5. The van der Waals surface area contributed by atoms with Gasteiger partial charge in [0, 0.05) is 24.0 Å². The summed E-state index contributed by atoms with van der Waals surface area (Å²) in [5.41, 5.74) is 0.695. The Balaban J connectivity index is 1.68. The van der Waals surface area contributed by atoms with Crippen LogP contribution in [0.15, 0.2) is 46.9 Å². The summed E-state index contributed by atoms with van der Waals surface area (Å²) in [6.45, 7) is 0.418. The van der Waals surface area contributed by atoms with Gasteiger partial charge >= 0.3 is 6.03 Å². The van der Waals surface area contributed by atoms with Crippen LogP contribution in [0.1, 0.15) is 27.2 Å². The summed E-state index contributed by atoms with van der Waals surface area (Å²) in [5.74, 6) is 0.277. The number of nitrogens with one attached hydrogen (secondary N) is 2. The van der Waals surface area contributed by atoms with Crippen molar-refractivity contribution in [3.8, 4) is 11.8 Å². The summed E-state index contributed by atoms with van der Waals surface area (Å²) in [7, 11) is 3.29. The molecule has 1 aliphatic rings. The fourth-order valence-corrected chi connectivity index (χ4v) is 3.88. The number of fused-ring (bicyclic) bond motifs is 1. The molecule has 9 nitrogen and oxygen atoms in total. The van der Waals surface area contributed by atoms with Crippen molar-refractivity contribution in [1.29, 1.82) is 5.26 Å². The molecule has 3 aromatic rings. The molecule has 162 valence electrons. The van der Waals surface area contributed by atoms with Crippen LogP contribution in [0.25, 0.3) is 11.0 Å². The number of carbonyl (C=O) groups excluding carboxylic acids is 3. The van der Waals surface area contributed by atoms with Crippen LogP contribution in [-0.4, -0.2) is 43.8 Å². The number of methoxy groups -OCH3 is 1. The number of hydrogen-bond acceptors (Lipinski definition) is 7. The normalized spacial score (nSPS) is 17.8. The van der Waals surface area contributed by atoms with E-state index in [1.54, 1.807) is 49.5 Å². The molecule has 1 fully saturated rings. The molecule has 0 saturated carbocycles. The van der Waals surface area contributed by atoms with E-state index in [0.717, 1.165) is 11.8 Å². The highest BCUT2D eigenvalue weighted by Crippen LogP contribution is 2.32. The summed E-state index contributed by atoms with van der Waals surface area (Å²) in [4.78, 5) is 38.3. The summed E-state index contributed by atoms with van der Waals surface area (Å²) >= 11 is 0. The lowest BCUT2D eigenvalue weighted by molar-refractivity contribution is -0.125. The molecule has 2 N–H and O–H groups in total. The molecule has 0 unspecified atom stereocenters. The smallest absolute Gasteiger partial charge is 0.322 e. The zero-order valence-corrected chi connectivity index (χ0v) is 17.5. The van der Waals surface area contributed by atoms with Gasteiger partial charge in [-0.15, -0.1) is 0 Å². The van der Waals surface area contributed by atoms with Gasteiger partial charge in [-0.1, -0.05) is 6.07 Å². The Morgan fingerprint density at radius 1 is 1.22 bits per heavy atom. The van der Waals surface area contributed by atoms with Gasteiger partial charge in [0.05, 0.1) is 18.7 Å². The van der Waals surface area contributed by atoms with Gasteiger partial charge in [-0.25, -0.2) is 4.79 Å². The quantitative estimate of drug-likeness (QED) is 0.433. The van der Waals surface area contributed by atoms with Gasteiger partial charge < -0.3 is 14.5 Å². The summed E-state index contributed by atoms with van der Waals surface area (Å²) < 4.78 is 11.1. The van der Waals surface area contributed by atoms with Gasteiger partial charge in [0.25, 0.3) is 5.91 Å². The first-order chi connectivity index (χ1) is 15.4. The Morgan fingerprint density at radius 2 is 2.03 bits per heavy atom. The van der Waals surface area contributed by atoms with Crippen LogP contribution >= 0.6 is 0 Å². The van der Waals surface area contributed by atoms with Crippen LogP contribution in [0.5, 0.6) is 5.75 Å². The third-order valence-electron chi connectivity index (χ3n) is 5.43. The molecule has 0 spiro atoms. The number of ether oxygens (including phenoxy) is 1.